The maximum absolute atomic E-state index is 12.5. The van der Waals surface area contributed by atoms with Crippen LogP contribution in [0.1, 0.15) is 94.4 Å². The van der Waals surface area contributed by atoms with Gasteiger partial charge < -0.3 is 9.74 Å². The van der Waals surface area contributed by atoms with Crippen LogP contribution < -0.4 is 0 Å². The lowest BCUT2D eigenvalue weighted by atomic mass is 9.75. The minimum absolute atomic E-state index is 0.181. The predicted molar refractivity (Wildman–Crippen MR) is 115 cm³/mol. The standard InChI is InChI=1S/C23H44N2O2/c1-21(2,3)16-19(17-22(4,5)6)24-27-15-12-20(26)25-13-10-18(11-14-25)23(7,8)9/h18H,10-17H2,1-9H3. The van der Waals surface area contributed by atoms with Crippen LogP contribution in [0.3, 0.4) is 0 Å². The van der Waals surface area contributed by atoms with E-state index < -0.39 is 0 Å². The Bertz CT molecular complexity index is 478. The molecule has 1 aliphatic rings. The molecule has 0 aromatic heterocycles. The summed E-state index contributed by atoms with van der Waals surface area (Å²) in [6.07, 6.45) is 4.46. The third-order valence-corrected chi connectivity index (χ3v) is 5.14. The molecule has 0 radical (unpaired) electrons. The van der Waals surface area contributed by atoms with E-state index in [4.69, 9.17) is 4.84 Å². The molecule has 0 unspecified atom stereocenters. The molecule has 1 aliphatic heterocycles. The van der Waals surface area contributed by atoms with Crippen LogP contribution in [-0.4, -0.2) is 36.2 Å². The normalized spacial score (nSPS) is 17.0. The van der Waals surface area contributed by atoms with E-state index in [0.717, 1.165) is 44.5 Å². The third-order valence-electron chi connectivity index (χ3n) is 5.14. The highest BCUT2D eigenvalue weighted by Gasteiger charge is 2.30. The first kappa shape index (κ1) is 24.0. The highest BCUT2D eigenvalue weighted by molar-refractivity contribution is 5.85. The molecule has 4 heteroatoms. The van der Waals surface area contributed by atoms with Gasteiger partial charge in [0, 0.05) is 13.1 Å². The Labute approximate surface area is 168 Å². The van der Waals surface area contributed by atoms with Crippen LogP contribution in [0, 0.1) is 22.2 Å². The van der Waals surface area contributed by atoms with Gasteiger partial charge in [0.15, 0.2) is 0 Å². The number of carbonyl (C=O) groups is 1. The lowest BCUT2D eigenvalue weighted by Gasteiger charge is -2.38. The molecule has 1 rings (SSSR count). The number of hydrogen-bond acceptors (Lipinski definition) is 3. The van der Waals surface area contributed by atoms with Gasteiger partial charge in [-0.3, -0.25) is 4.79 Å². The summed E-state index contributed by atoms with van der Waals surface area (Å²) in [7, 11) is 0. The van der Waals surface area contributed by atoms with E-state index in [0.29, 0.717) is 24.4 Å². The lowest BCUT2D eigenvalue weighted by molar-refractivity contribution is -0.134. The number of hydrogen-bond donors (Lipinski definition) is 0. The first-order valence-corrected chi connectivity index (χ1v) is 10.6. The van der Waals surface area contributed by atoms with E-state index >= 15 is 0 Å². The fourth-order valence-electron chi connectivity index (χ4n) is 3.77. The average molecular weight is 381 g/mol. The van der Waals surface area contributed by atoms with Gasteiger partial charge in [-0.05, 0) is 47.8 Å². The third kappa shape index (κ3) is 10.2. The molecule has 0 aromatic carbocycles. The first-order valence-electron chi connectivity index (χ1n) is 10.6. The van der Waals surface area contributed by atoms with E-state index in [1.165, 1.54) is 0 Å². The second-order valence-corrected chi connectivity index (χ2v) is 11.7. The van der Waals surface area contributed by atoms with Crippen molar-refractivity contribution < 1.29 is 9.63 Å². The van der Waals surface area contributed by atoms with Crippen molar-refractivity contribution >= 4 is 11.6 Å². The minimum Gasteiger partial charge on any atom is -0.395 e. The molecule has 1 fully saturated rings. The fraction of sp³-hybridized carbons (Fsp3) is 0.913. The summed E-state index contributed by atoms with van der Waals surface area (Å²) >= 11 is 0. The van der Waals surface area contributed by atoms with Crippen molar-refractivity contribution in [3.05, 3.63) is 0 Å². The van der Waals surface area contributed by atoms with Crippen molar-refractivity contribution in [3.63, 3.8) is 0 Å². The molecule has 27 heavy (non-hydrogen) atoms. The summed E-state index contributed by atoms with van der Waals surface area (Å²) in [4.78, 5) is 20.0. The zero-order valence-electron chi connectivity index (χ0n) is 19.4. The van der Waals surface area contributed by atoms with Crippen LogP contribution >= 0.6 is 0 Å². The molecule has 0 aromatic rings. The molecular weight excluding hydrogens is 336 g/mol. The van der Waals surface area contributed by atoms with Crippen molar-refractivity contribution in [2.24, 2.45) is 27.3 Å². The van der Waals surface area contributed by atoms with Crippen molar-refractivity contribution in [1.29, 1.82) is 0 Å². The number of rotatable bonds is 6. The SMILES string of the molecule is CC(C)(C)CC(CC(C)(C)C)=NOCCC(=O)N1CCC(C(C)(C)C)CC1. The number of amides is 1. The smallest absolute Gasteiger partial charge is 0.226 e. The number of piperidine rings is 1. The number of nitrogens with zero attached hydrogens (tertiary/aromatic N) is 2. The van der Waals surface area contributed by atoms with Gasteiger partial charge in [0.2, 0.25) is 5.91 Å². The molecule has 0 bridgehead atoms. The van der Waals surface area contributed by atoms with Gasteiger partial charge in [-0.2, -0.15) is 0 Å². The van der Waals surface area contributed by atoms with Crippen LogP contribution in [-0.2, 0) is 9.63 Å². The van der Waals surface area contributed by atoms with E-state index in [-0.39, 0.29) is 16.7 Å². The van der Waals surface area contributed by atoms with Crippen LogP contribution in [0.5, 0.6) is 0 Å². The van der Waals surface area contributed by atoms with Gasteiger partial charge in [0.1, 0.15) is 6.61 Å². The Kier molecular flexibility index (Phi) is 8.37. The quantitative estimate of drug-likeness (QED) is 0.327. The Morgan fingerprint density at radius 2 is 1.41 bits per heavy atom. The molecule has 1 saturated heterocycles. The Morgan fingerprint density at radius 3 is 1.81 bits per heavy atom. The summed E-state index contributed by atoms with van der Waals surface area (Å²) in [5, 5.41) is 4.40. The summed E-state index contributed by atoms with van der Waals surface area (Å²) < 4.78 is 0. The molecular formula is C23H44N2O2. The summed E-state index contributed by atoms with van der Waals surface area (Å²) in [5.41, 5.74) is 1.79. The Morgan fingerprint density at radius 1 is 0.926 bits per heavy atom. The van der Waals surface area contributed by atoms with Gasteiger partial charge in [0.25, 0.3) is 0 Å². The van der Waals surface area contributed by atoms with Gasteiger partial charge in [-0.15, -0.1) is 0 Å². The molecule has 0 aliphatic carbocycles. The molecule has 1 amide bonds. The lowest BCUT2D eigenvalue weighted by Crippen LogP contribution is -2.41. The van der Waals surface area contributed by atoms with Gasteiger partial charge in [-0.1, -0.05) is 67.5 Å². The van der Waals surface area contributed by atoms with E-state index in [9.17, 15) is 4.79 Å². The number of likely N-dealkylation sites (tertiary alicyclic amines) is 1. The van der Waals surface area contributed by atoms with Crippen LogP contribution in [0.15, 0.2) is 5.16 Å². The Balaban J connectivity index is 2.45. The largest absolute Gasteiger partial charge is 0.395 e. The van der Waals surface area contributed by atoms with Gasteiger partial charge >= 0.3 is 0 Å². The van der Waals surface area contributed by atoms with E-state index in [2.05, 4.69) is 67.5 Å². The summed E-state index contributed by atoms with van der Waals surface area (Å²) in [6, 6.07) is 0. The molecule has 158 valence electrons. The fourth-order valence-corrected chi connectivity index (χ4v) is 3.77. The van der Waals surface area contributed by atoms with Crippen molar-refractivity contribution in [2.75, 3.05) is 19.7 Å². The molecule has 4 nitrogen and oxygen atoms in total. The summed E-state index contributed by atoms with van der Waals surface area (Å²) in [5.74, 6) is 0.908. The van der Waals surface area contributed by atoms with Gasteiger partial charge in [0.05, 0.1) is 12.1 Å². The molecule has 1 heterocycles. The average Bonchev–Trinajstić information content (AvgIpc) is 2.47. The zero-order chi connectivity index (χ0) is 20.9. The van der Waals surface area contributed by atoms with Crippen molar-refractivity contribution in [1.82, 2.24) is 4.90 Å². The second kappa shape index (κ2) is 9.43. The molecule has 0 N–H and O–H groups in total. The molecule has 0 saturated carbocycles. The maximum Gasteiger partial charge on any atom is 0.226 e. The second-order valence-electron chi connectivity index (χ2n) is 11.7. The van der Waals surface area contributed by atoms with Crippen molar-refractivity contribution in [3.8, 4) is 0 Å². The highest BCUT2D eigenvalue weighted by atomic mass is 16.6. The summed E-state index contributed by atoms with van der Waals surface area (Å²) in [6.45, 7) is 22.3. The zero-order valence-corrected chi connectivity index (χ0v) is 19.4. The van der Waals surface area contributed by atoms with E-state index in [1.54, 1.807) is 0 Å². The minimum atomic E-state index is 0.181. The monoisotopic (exact) mass is 380 g/mol. The van der Waals surface area contributed by atoms with Crippen LogP contribution in [0.2, 0.25) is 0 Å². The number of oxime groups is 1. The Hall–Kier alpha value is -1.06. The van der Waals surface area contributed by atoms with Crippen LogP contribution in [0.25, 0.3) is 0 Å². The maximum atomic E-state index is 12.5. The van der Waals surface area contributed by atoms with Gasteiger partial charge in [-0.25, -0.2) is 0 Å². The number of carbonyl (C=O) groups excluding carboxylic acids is 1. The molecule has 0 atom stereocenters. The molecule has 0 spiro atoms. The first-order chi connectivity index (χ1) is 12.2. The predicted octanol–water partition coefficient (Wildman–Crippen LogP) is 5.91. The van der Waals surface area contributed by atoms with Crippen molar-refractivity contribution in [2.45, 2.75) is 94.4 Å². The highest BCUT2D eigenvalue weighted by Crippen LogP contribution is 2.34. The van der Waals surface area contributed by atoms with Crippen LogP contribution in [0.4, 0.5) is 0 Å². The topological polar surface area (TPSA) is 41.9 Å². The van der Waals surface area contributed by atoms with E-state index in [1.807, 2.05) is 4.90 Å².